The highest BCUT2D eigenvalue weighted by Gasteiger charge is 2.08. The molecule has 0 aliphatic heterocycles. The van der Waals surface area contributed by atoms with Crippen LogP contribution in [-0.2, 0) is 0 Å². The van der Waals surface area contributed by atoms with Crippen LogP contribution in [0.1, 0.15) is 27.2 Å². The molecule has 100 valence electrons. The molecule has 0 saturated heterocycles. The minimum atomic E-state index is -0.489. The highest BCUT2D eigenvalue weighted by atomic mass is 19.1. The normalized spacial score (nSPS) is 10.3. The van der Waals surface area contributed by atoms with Crippen LogP contribution in [0.15, 0.2) is 18.2 Å². The van der Waals surface area contributed by atoms with Crippen molar-refractivity contribution < 1.29 is 13.9 Å². The van der Waals surface area contributed by atoms with Gasteiger partial charge < -0.3 is 15.4 Å². The van der Waals surface area contributed by atoms with E-state index in [9.17, 15) is 9.18 Å². The fourth-order valence-corrected chi connectivity index (χ4v) is 1.34. The van der Waals surface area contributed by atoms with Crippen LogP contribution in [0.2, 0.25) is 0 Å². The second kappa shape index (κ2) is 6.83. The molecule has 0 aliphatic rings. The molecule has 2 amide bonds. The summed E-state index contributed by atoms with van der Waals surface area (Å²) in [5.41, 5.74) is 0.400. The maximum atomic E-state index is 13.6. The first kappa shape index (κ1) is 14.3. The van der Waals surface area contributed by atoms with Gasteiger partial charge in [0.2, 0.25) is 0 Å². The van der Waals surface area contributed by atoms with E-state index in [-0.39, 0.29) is 17.9 Å². The van der Waals surface area contributed by atoms with Crippen molar-refractivity contribution in [2.45, 2.75) is 33.3 Å². The average molecular weight is 254 g/mol. The average Bonchev–Trinajstić information content (AvgIpc) is 2.29. The van der Waals surface area contributed by atoms with Gasteiger partial charge in [-0.25, -0.2) is 9.18 Å². The molecule has 0 spiro atoms. The van der Waals surface area contributed by atoms with Crippen molar-refractivity contribution in [2.24, 2.45) is 0 Å². The number of carbonyl (C=O) groups is 1. The molecule has 0 aliphatic carbocycles. The first-order valence-electron chi connectivity index (χ1n) is 6.04. The number of urea groups is 1. The lowest BCUT2D eigenvalue weighted by molar-refractivity contribution is 0.231. The van der Waals surface area contributed by atoms with Gasteiger partial charge in [0.05, 0.1) is 6.10 Å². The van der Waals surface area contributed by atoms with Gasteiger partial charge in [-0.3, -0.25) is 0 Å². The molecule has 1 aromatic rings. The third-order valence-corrected chi connectivity index (χ3v) is 2.09. The number of amides is 2. The first-order chi connectivity index (χ1) is 8.52. The third kappa shape index (κ3) is 4.61. The van der Waals surface area contributed by atoms with Crippen molar-refractivity contribution in [3.8, 4) is 5.75 Å². The van der Waals surface area contributed by atoms with E-state index in [0.717, 1.165) is 6.42 Å². The second-order valence-electron chi connectivity index (χ2n) is 4.19. The maximum absolute atomic E-state index is 13.6. The van der Waals surface area contributed by atoms with Crippen molar-refractivity contribution in [1.29, 1.82) is 0 Å². The van der Waals surface area contributed by atoms with Crippen LogP contribution >= 0.6 is 0 Å². The van der Waals surface area contributed by atoms with Crippen molar-refractivity contribution in [3.05, 3.63) is 24.0 Å². The fraction of sp³-hybridized carbons (Fsp3) is 0.462. The Bertz CT molecular complexity index is 408. The van der Waals surface area contributed by atoms with E-state index in [4.69, 9.17) is 4.74 Å². The Balaban J connectivity index is 2.63. The lowest BCUT2D eigenvalue weighted by Crippen LogP contribution is -2.29. The molecule has 5 heteroatoms. The summed E-state index contributed by atoms with van der Waals surface area (Å²) in [7, 11) is 0. The van der Waals surface area contributed by atoms with Gasteiger partial charge in [-0.1, -0.05) is 6.92 Å². The number of ether oxygens (including phenoxy) is 1. The van der Waals surface area contributed by atoms with Crippen LogP contribution in [0.25, 0.3) is 0 Å². The van der Waals surface area contributed by atoms with Crippen LogP contribution in [0.3, 0.4) is 0 Å². The summed E-state index contributed by atoms with van der Waals surface area (Å²) >= 11 is 0. The number of anilines is 1. The number of carbonyl (C=O) groups excluding carboxylic acids is 1. The van der Waals surface area contributed by atoms with Gasteiger partial charge in [-0.2, -0.15) is 0 Å². The van der Waals surface area contributed by atoms with Gasteiger partial charge >= 0.3 is 6.03 Å². The zero-order chi connectivity index (χ0) is 13.5. The molecule has 2 N–H and O–H groups in total. The number of hydrogen-bond acceptors (Lipinski definition) is 2. The Morgan fingerprint density at radius 3 is 2.72 bits per heavy atom. The maximum Gasteiger partial charge on any atom is 0.319 e. The topological polar surface area (TPSA) is 50.4 Å². The van der Waals surface area contributed by atoms with Gasteiger partial charge in [-0.05, 0) is 32.4 Å². The van der Waals surface area contributed by atoms with Gasteiger partial charge in [-0.15, -0.1) is 0 Å². The van der Waals surface area contributed by atoms with Crippen molar-refractivity contribution in [3.63, 3.8) is 0 Å². The summed E-state index contributed by atoms with van der Waals surface area (Å²) in [6.07, 6.45) is 0.759. The molecule has 18 heavy (non-hydrogen) atoms. The highest BCUT2D eigenvalue weighted by molar-refractivity contribution is 5.89. The van der Waals surface area contributed by atoms with Crippen molar-refractivity contribution in [1.82, 2.24) is 5.32 Å². The number of hydrogen-bond donors (Lipinski definition) is 2. The molecule has 0 heterocycles. The van der Waals surface area contributed by atoms with E-state index in [0.29, 0.717) is 12.2 Å². The van der Waals surface area contributed by atoms with Crippen LogP contribution in [0, 0.1) is 5.82 Å². The fourth-order valence-electron chi connectivity index (χ4n) is 1.34. The molecule has 0 atom stereocenters. The van der Waals surface area contributed by atoms with Crippen molar-refractivity contribution >= 4 is 11.7 Å². The van der Waals surface area contributed by atoms with Gasteiger partial charge in [0.1, 0.15) is 0 Å². The largest absolute Gasteiger partial charge is 0.488 e. The van der Waals surface area contributed by atoms with Crippen LogP contribution in [0.4, 0.5) is 14.9 Å². The summed E-state index contributed by atoms with van der Waals surface area (Å²) in [4.78, 5) is 11.4. The summed E-state index contributed by atoms with van der Waals surface area (Å²) in [6.45, 7) is 6.19. The third-order valence-electron chi connectivity index (χ3n) is 2.09. The molecule has 0 radical (unpaired) electrons. The number of halogens is 1. The minimum Gasteiger partial charge on any atom is -0.488 e. The zero-order valence-corrected chi connectivity index (χ0v) is 10.9. The van der Waals surface area contributed by atoms with Crippen LogP contribution in [-0.4, -0.2) is 18.7 Å². The van der Waals surface area contributed by atoms with Crippen molar-refractivity contribution in [2.75, 3.05) is 11.9 Å². The van der Waals surface area contributed by atoms with E-state index < -0.39 is 5.82 Å². The molecule has 4 nitrogen and oxygen atoms in total. The van der Waals surface area contributed by atoms with Gasteiger partial charge in [0.25, 0.3) is 0 Å². The predicted octanol–water partition coefficient (Wildman–Crippen LogP) is 3.14. The Kier molecular flexibility index (Phi) is 5.42. The highest BCUT2D eigenvalue weighted by Crippen LogP contribution is 2.22. The van der Waals surface area contributed by atoms with E-state index >= 15 is 0 Å². The smallest absolute Gasteiger partial charge is 0.319 e. The van der Waals surface area contributed by atoms with Gasteiger partial charge in [0.15, 0.2) is 11.6 Å². The SMILES string of the molecule is CCCNC(=O)Nc1ccc(OC(C)C)c(F)c1. The van der Waals surface area contributed by atoms with Crippen LogP contribution in [0.5, 0.6) is 5.75 Å². The number of rotatable bonds is 5. The molecular formula is C13H19FN2O2. The quantitative estimate of drug-likeness (QED) is 0.848. The zero-order valence-electron chi connectivity index (χ0n) is 10.9. The minimum absolute atomic E-state index is 0.0915. The summed E-state index contributed by atoms with van der Waals surface area (Å²) in [6, 6.07) is 4.01. The van der Waals surface area contributed by atoms with Gasteiger partial charge in [0, 0.05) is 18.3 Å². The van der Waals surface area contributed by atoms with E-state index in [1.165, 1.54) is 12.1 Å². The second-order valence-corrected chi connectivity index (χ2v) is 4.19. The Morgan fingerprint density at radius 2 is 2.17 bits per heavy atom. The summed E-state index contributed by atoms with van der Waals surface area (Å²) in [5, 5.41) is 5.20. The summed E-state index contributed by atoms with van der Waals surface area (Å²) in [5.74, 6) is -0.304. The molecular weight excluding hydrogens is 235 g/mol. The first-order valence-corrected chi connectivity index (χ1v) is 6.04. The molecule has 0 fully saturated rings. The monoisotopic (exact) mass is 254 g/mol. The Labute approximate surface area is 107 Å². The molecule has 0 bridgehead atoms. The molecule has 1 rings (SSSR count). The molecule has 0 aromatic heterocycles. The molecule has 1 aromatic carbocycles. The Hall–Kier alpha value is -1.78. The lowest BCUT2D eigenvalue weighted by Gasteiger charge is -2.12. The summed E-state index contributed by atoms with van der Waals surface area (Å²) < 4.78 is 18.9. The molecule has 0 saturated carbocycles. The standard InChI is InChI=1S/C13H19FN2O2/c1-4-7-15-13(17)16-10-5-6-12(11(14)8-10)18-9(2)3/h5-6,8-9H,4,7H2,1-3H3,(H2,15,16,17). The number of nitrogens with one attached hydrogen (secondary N) is 2. The predicted molar refractivity (Wildman–Crippen MR) is 69.5 cm³/mol. The van der Waals surface area contributed by atoms with E-state index in [1.807, 2.05) is 20.8 Å². The van der Waals surface area contributed by atoms with Crippen LogP contribution < -0.4 is 15.4 Å². The van der Waals surface area contributed by atoms with E-state index in [1.54, 1.807) is 6.07 Å². The number of benzene rings is 1. The van der Waals surface area contributed by atoms with E-state index in [2.05, 4.69) is 10.6 Å². The Morgan fingerprint density at radius 1 is 1.44 bits per heavy atom. The lowest BCUT2D eigenvalue weighted by atomic mass is 10.3. The molecule has 0 unspecified atom stereocenters.